The maximum Gasteiger partial charge on any atom is 0.247 e. The van der Waals surface area contributed by atoms with E-state index in [1.165, 1.54) is 11.0 Å². The van der Waals surface area contributed by atoms with Crippen LogP contribution in [0, 0.1) is 12.7 Å². The Morgan fingerprint density at radius 3 is 2.55 bits per heavy atom. The van der Waals surface area contributed by atoms with Crippen LogP contribution < -0.4 is 10.2 Å². The minimum atomic E-state index is -3.69. The molecule has 172 valence electrons. The van der Waals surface area contributed by atoms with Crippen LogP contribution in [0.15, 0.2) is 18.2 Å². The van der Waals surface area contributed by atoms with E-state index in [1.807, 2.05) is 0 Å². The Hall–Kier alpha value is -2.00. The molecule has 1 heterocycles. The zero-order valence-electron chi connectivity index (χ0n) is 18.5. The van der Waals surface area contributed by atoms with Crippen LogP contribution in [-0.4, -0.2) is 55.0 Å². The van der Waals surface area contributed by atoms with Gasteiger partial charge in [-0.15, -0.1) is 0 Å². The summed E-state index contributed by atoms with van der Waals surface area (Å²) in [4.78, 5) is 27.9. The Kier molecular flexibility index (Phi) is 7.05. The fourth-order valence-electron chi connectivity index (χ4n) is 4.46. The van der Waals surface area contributed by atoms with Crippen molar-refractivity contribution in [1.29, 1.82) is 0 Å². The van der Waals surface area contributed by atoms with Crippen molar-refractivity contribution < 1.29 is 22.4 Å². The predicted octanol–water partition coefficient (Wildman–Crippen LogP) is 2.73. The third kappa shape index (κ3) is 4.92. The van der Waals surface area contributed by atoms with E-state index in [9.17, 15) is 22.4 Å². The van der Waals surface area contributed by atoms with Gasteiger partial charge in [0.05, 0.1) is 12.3 Å². The van der Waals surface area contributed by atoms with Gasteiger partial charge < -0.3 is 5.32 Å². The monoisotopic (exact) mass is 453 g/mol. The molecule has 1 saturated heterocycles. The van der Waals surface area contributed by atoms with E-state index in [0.717, 1.165) is 36.4 Å². The minimum Gasteiger partial charge on any atom is -0.351 e. The van der Waals surface area contributed by atoms with Crippen LogP contribution in [0.2, 0.25) is 0 Å². The first-order valence-electron chi connectivity index (χ1n) is 11.0. The normalized spacial score (nSPS) is 23.7. The molecule has 1 atom stereocenters. The first-order valence-corrected chi connectivity index (χ1v) is 12.6. The molecule has 1 aliphatic heterocycles. The standard InChI is InChI=1S/C22H32FN3O4S/c1-4-12-31(29,30)25-14-20(27)26(18-11-10-16(2)19(23)13-18)22(3,15-25)21(28)24-17-8-6-5-7-9-17/h10-11,13,17H,4-9,12,14-15H2,1-3H3,(H,24,28)/t22-/m0/s1. The number of rotatable bonds is 6. The van der Waals surface area contributed by atoms with E-state index in [-0.39, 0.29) is 30.6 Å². The van der Waals surface area contributed by atoms with Gasteiger partial charge in [0.15, 0.2) is 0 Å². The molecular formula is C22H32FN3O4S. The molecule has 0 bridgehead atoms. The highest BCUT2D eigenvalue weighted by Gasteiger charge is 2.51. The van der Waals surface area contributed by atoms with Crippen molar-refractivity contribution in [2.75, 3.05) is 23.7 Å². The van der Waals surface area contributed by atoms with E-state index in [1.54, 1.807) is 32.9 Å². The van der Waals surface area contributed by atoms with Gasteiger partial charge in [0.25, 0.3) is 0 Å². The molecule has 2 amide bonds. The second-order valence-electron chi connectivity index (χ2n) is 8.83. The Morgan fingerprint density at radius 1 is 1.26 bits per heavy atom. The lowest BCUT2D eigenvalue weighted by Crippen LogP contribution is -2.71. The molecule has 1 saturated carbocycles. The summed E-state index contributed by atoms with van der Waals surface area (Å²) in [6, 6.07) is 4.37. The number of amides is 2. The van der Waals surface area contributed by atoms with Crippen molar-refractivity contribution in [2.24, 2.45) is 0 Å². The van der Waals surface area contributed by atoms with Crippen LogP contribution in [0.25, 0.3) is 0 Å². The molecule has 2 fully saturated rings. The van der Waals surface area contributed by atoms with E-state index in [4.69, 9.17) is 0 Å². The first-order chi connectivity index (χ1) is 14.6. The number of hydrogen-bond donors (Lipinski definition) is 1. The van der Waals surface area contributed by atoms with E-state index in [2.05, 4.69) is 5.32 Å². The number of hydrogen-bond acceptors (Lipinski definition) is 4. The average molecular weight is 454 g/mol. The molecule has 0 radical (unpaired) electrons. The molecule has 9 heteroatoms. The molecule has 2 aliphatic rings. The number of sulfonamides is 1. The molecule has 3 rings (SSSR count). The van der Waals surface area contributed by atoms with Crippen LogP contribution in [0.5, 0.6) is 0 Å². The van der Waals surface area contributed by atoms with Gasteiger partial charge in [-0.3, -0.25) is 14.5 Å². The number of aryl methyl sites for hydroxylation is 1. The van der Waals surface area contributed by atoms with Crippen molar-refractivity contribution in [3.8, 4) is 0 Å². The fourth-order valence-corrected chi connectivity index (χ4v) is 5.99. The number of halogens is 1. The van der Waals surface area contributed by atoms with Gasteiger partial charge in [0.2, 0.25) is 21.8 Å². The molecule has 1 N–H and O–H groups in total. The Balaban J connectivity index is 1.99. The number of piperazine rings is 1. The highest BCUT2D eigenvalue weighted by atomic mass is 32.2. The van der Waals surface area contributed by atoms with Crippen LogP contribution in [0.4, 0.5) is 10.1 Å². The van der Waals surface area contributed by atoms with Gasteiger partial charge >= 0.3 is 0 Å². The Bertz CT molecular complexity index is 946. The summed E-state index contributed by atoms with van der Waals surface area (Å²) >= 11 is 0. The van der Waals surface area contributed by atoms with Gasteiger partial charge in [-0.05, 0) is 50.8 Å². The lowest BCUT2D eigenvalue weighted by atomic mass is 9.91. The molecule has 1 aromatic carbocycles. The fraction of sp³-hybridized carbons (Fsp3) is 0.636. The van der Waals surface area contributed by atoms with Crippen molar-refractivity contribution >= 4 is 27.5 Å². The van der Waals surface area contributed by atoms with Crippen molar-refractivity contribution in [2.45, 2.75) is 70.9 Å². The second-order valence-corrected chi connectivity index (χ2v) is 10.9. The molecule has 0 spiro atoms. The first kappa shape index (κ1) is 23.7. The minimum absolute atomic E-state index is 0.00703. The smallest absolute Gasteiger partial charge is 0.247 e. The number of carbonyl (C=O) groups excluding carboxylic acids is 2. The quantitative estimate of drug-likeness (QED) is 0.718. The topological polar surface area (TPSA) is 86.8 Å². The van der Waals surface area contributed by atoms with Gasteiger partial charge in [-0.2, -0.15) is 4.31 Å². The number of carbonyl (C=O) groups is 2. The average Bonchev–Trinajstić information content (AvgIpc) is 2.71. The van der Waals surface area contributed by atoms with Gasteiger partial charge in [0, 0.05) is 18.3 Å². The van der Waals surface area contributed by atoms with Gasteiger partial charge in [0.1, 0.15) is 11.4 Å². The highest BCUT2D eigenvalue weighted by Crippen LogP contribution is 2.32. The molecule has 1 aromatic rings. The second kappa shape index (κ2) is 9.24. The van der Waals surface area contributed by atoms with Crippen LogP contribution in [-0.2, 0) is 19.6 Å². The number of anilines is 1. The number of nitrogens with one attached hydrogen (secondary N) is 1. The zero-order chi connectivity index (χ0) is 22.8. The molecule has 0 unspecified atom stereocenters. The summed E-state index contributed by atoms with van der Waals surface area (Å²) in [7, 11) is -3.69. The molecular weight excluding hydrogens is 421 g/mol. The maximum absolute atomic E-state index is 14.3. The van der Waals surface area contributed by atoms with Crippen LogP contribution >= 0.6 is 0 Å². The summed E-state index contributed by atoms with van der Waals surface area (Å²) in [5, 5.41) is 3.03. The summed E-state index contributed by atoms with van der Waals surface area (Å²) < 4.78 is 40.9. The Labute approximate surface area is 184 Å². The van der Waals surface area contributed by atoms with E-state index < -0.39 is 33.2 Å². The summed E-state index contributed by atoms with van der Waals surface area (Å²) in [5.41, 5.74) is -0.814. The molecule has 1 aliphatic carbocycles. The van der Waals surface area contributed by atoms with Gasteiger partial charge in [-0.25, -0.2) is 12.8 Å². The predicted molar refractivity (Wildman–Crippen MR) is 118 cm³/mol. The van der Waals surface area contributed by atoms with Crippen molar-refractivity contribution in [1.82, 2.24) is 9.62 Å². The lowest BCUT2D eigenvalue weighted by molar-refractivity contribution is -0.133. The maximum atomic E-state index is 14.3. The molecule has 0 aromatic heterocycles. The molecule has 31 heavy (non-hydrogen) atoms. The van der Waals surface area contributed by atoms with Crippen LogP contribution in [0.1, 0.15) is 57.9 Å². The SMILES string of the molecule is CCCS(=O)(=O)N1CC(=O)N(c2ccc(C)c(F)c2)[C@](C)(C(=O)NC2CCCCC2)C1. The number of benzene rings is 1. The summed E-state index contributed by atoms with van der Waals surface area (Å²) in [6.45, 7) is 4.39. The third-order valence-corrected chi connectivity index (χ3v) is 8.21. The third-order valence-electron chi connectivity index (χ3n) is 6.24. The van der Waals surface area contributed by atoms with Crippen molar-refractivity contribution in [3.63, 3.8) is 0 Å². The summed E-state index contributed by atoms with van der Waals surface area (Å²) in [5.74, 6) is -1.54. The number of nitrogens with zero attached hydrogens (tertiary/aromatic N) is 2. The van der Waals surface area contributed by atoms with E-state index in [0.29, 0.717) is 12.0 Å². The Morgan fingerprint density at radius 2 is 1.94 bits per heavy atom. The van der Waals surface area contributed by atoms with Gasteiger partial charge in [-0.1, -0.05) is 32.3 Å². The van der Waals surface area contributed by atoms with Crippen molar-refractivity contribution in [3.05, 3.63) is 29.6 Å². The highest BCUT2D eigenvalue weighted by molar-refractivity contribution is 7.89. The van der Waals surface area contributed by atoms with Crippen LogP contribution in [0.3, 0.4) is 0 Å². The van der Waals surface area contributed by atoms with E-state index >= 15 is 0 Å². The lowest BCUT2D eigenvalue weighted by Gasteiger charge is -2.47. The molecule has 7 nitrogen and oxygen atoms in total. The summed E-state index contributed by atoms with van der Waals surface area (Å²) in [6.07, 6.45) is 5.28. The zero-order valence-corrected chi connectivity index (χ0v) is 19.3. The largest absolute Gasteiger partial charge is 0.351 e.